The first-order valence-corrected chi connectivity index (χ1v) is 16.6. The van der Waals surface area contributed by atoms with Gasteiger partial charge in [0.1, 0.15) is 12.2 Å². The average molecular weight is 682 g/mol. The molecule has 0 saturated carbocycles. The molecule has 0 aromatic heterocycles. The number of likely N-dealkylation sites (N-methyl/N-ethyl adjacent to an activating group) is 1. The number of piperazine rings is 1. The molecule has 2 heterocycles. The third-order valence-electron chi connectivity index (χ3n) is 8.31. The van der Waals surface area contributed by atoms with Gasteiger partial charge < -0.3 is 29.8 Å². The van der Waals surface area contributed by atoms with Gasteiger partial charge >= 0.3 is 43.4 Å². The first kappa shape index (κ1) is 37.2. The van der Waals surface area contributed by atoms with Gasteiger partial charge in [0.05, 0.1) is 12.6 Å². The van der Waals surface area contributed by atoms with E-state index in [2.05, 4.69) is 29.6 Å². The van der Waals surface area contributed by atoms with E-state index in [0.717, 1.165) is 27.5 Å². The zero-order valence-corrected chi connectivity index (χ0v) is 29.9. The smallest absolute Gasteiger partial charge is 0.333 e. The summed E-state index contributed by atoms with van der Waals surface area (Å²) in [5, 5.41) is 8.49. The predicted octanol–water partition coefficient (Wildman–Crippen LogP) is 0.284. The third-order valence-corrected chi connectivity index (χ3v) is 8.31. The van der Waals surface area contributed by atoms with Crippen LogP contribution in [0.1, 0.15) is 23.6 Å². The van der Waals surface area contributed by atoms with Crippen LogP contribution >= 0.6 is 7.82 Å². The van der Waals surface area contributed by atoms with Gasteiger partial charge in [-0.05, 0) is 35.2 Å². The van der Waals surface area contributed by atoms with E-state index in [9.17, 15) is 14.4 Å². The molecular formula is C34H37N5NaO7P. The minimum absolute atomic E-state index is 0. The third kappa shape index (κ3) is 8.90. The molecule has 0 radical (unpaired) electrons. The summed E-state index contributed by atoms with van der Waals surface area (Å²) >= 11 is 0. The van der Waals surface area contributed by atoms with Gasteiger partial charge in [0.25, 0.3) is 0 Å². The van der Waals surface area contributed by atoms with Gasteiger partial charge in [0.15, 0.2) is 0 Å². The molecule has 2 saturated heterocycles. The quantitative estimate of drug-likeness (QED) is 0.129. The molecule has 2 fully saturated rings. The first-order valence-electron chi connectivity index (χ1n) is 15.1. The number of carbonyl (C=O) groups is 3. The number of hydrazine groups is 1. The van der Waals surface area contributed by atoms with E-state index in [1.54, 1.807) is 22.0 Å². The zero-order valence-electron chi connectivity index (χ0n) is 27.0. The predicted molar refractivity (Wildman–Crippen MR) is 175 cm³/mol. The Morgan fingerprint density at radius 1 is 0.917 bits per heavy atom. The van der Waals surface area contributed by atoms with Gasteiger partial charge in [0.2, 0.25) is 11.8 Å². The van der Waals surface area contributed by atoms with Crippen molar-refractivity contribution in [1.29, 1.82) is 0 Å². The molecule has 4 aromatic rings. The van der Waals surface area contributed by atoms with E-state index in [1.807, 2.05) is 90.7 Å². The van der Waals surface area contributed by atoms with E-state index >= 15 is 0 Å². The Kier molecular flexibility index (Phi) is 12.6. The Bertz CT molecular complexity index is 1760. The topological polar surface area (TPSA) is 154 Å². The van der Waals surface area contributed by atoms with Crippen LogP contribution in [-0.2, 0) is 33.7 Å². The minimum atomic E-state index is -4.64. The fourth-order valence-electron chi connectivity index (χ4n) is 6.22. The van der Waals surface area contributed by atoms with Gasteiger partial charge in [-0.15, -0.1) is 0 Å². The molecular weight excluding hydrogens is 644 g/mol. The molecule has 4 N–H and O–H groups in total. The molecule has 48 heavy (non-hydrogen) atoms. The normalized spacial score (nSPS) is 19.6. The number of carbonyl (C=O) groups excluding carboxylic acids is 3. The molecule has 2 aliphatic rings. The van der Waals surface area contributed by atoms with Crippen LogP contribution in [0.5, 0.6) is 0 Å². The molecule has 14 heteroatoms. The fourth-order valence-corrected chi connectivity index (χ4v) is 6.22. The van der Waals surface area contributed by atoms with Crippen molar-refractivity contribution in [2.75, 3.05) is 13.6 Å². The number of benzene rings is 4. The Balaban J connectivity index is 0.000000808. The summed E-state index contributed by atoms with van der Waals surface area (Å²) in [5.74, 6) is -0.297. The van der Waals surface area contributed by atoms with Gasteiger partial charge in [-0.25, -0.2) is 19.4 Å². The summed E-state index contributed by atoms with van der Waals surface area (Å²) in [6, 6.07) is 32.9. The minimum Gasteiger partial charge on any atom is -0.333 e. The van der Waals surface area contributed by atoms with Crippen LogP contribution in [0.15, 0.2) is 97.1 Å². The Hall–Kier alpha value is -3.58. The molecule has 246 valence electrons. The number of nitrogens with one attached hydrogen (secondary N) is 1. The second-order valence-electron chi connectivity index (χ2n) is 11.5. The summed E-state index contributed by atoms with van der Waals surface area (Å²) in [6.07, 6.45) is -0.336. The number of hydrogen-bond acceptors (Lipinski definition) is 5. The maximum atomic E-state index is 14.3. The van der Waals surface area contributed by atoms with Crippen LogP contribution in [0.25, 0.3) is 10.8 Å². The molecule has 0 spiro atoms. The van der Waals surface area contributed by atoms with Gasteiger partial charge in [0, 0.05) is 20.1 Å². The number of nitrogens with zero attached hydrogens (tertiary/aromatic N) is 4. The van der Waals surface area contributed by atoms with Gasteiger partial charge in [-0.1, -0.05) is 72.8 Å². The first-order chi connectivity index (χ1) is 22.4. The zero-order chi connectivity index (χ0) is 33.7. The van der Waals surface area contributed by atoms with Crippen molar-refractivity contribution in [2.24, 2.45) is 0 Å². The Labute approximate surface area is 301 Å². The summed E-state index contributed by atoms with van der Waals surface area (Å²) < 4.78 is 8.88. The number of amides is 4. The van der Waals surface area contributed by atoms with E-state index in [1.165, 1.54) is 0 Å². The number of urea groups is 1. The summed E-state index contributed by atoms with van der Waals surface area (Å²) in [7, 11) is -2.89. The standard InChI is InChI=1S/C34H34N5O3.Na.H3O4P/c1-24-32-38(31(40)23-36(2)39(32)34(42)35-21-26-14-7-4-8-15-26)30(20-25-12-5-3-6-13-25)33(41)37(24)22-28-18-11-17-27-16-9-10-19-29(27)28;;1-5(2,3)4/h4-19,24,30,32H,20-23H2,1-2H3,(H,35,42);;(H3,1,2,3,4)/q-1;+1;/t24-,30-,32?;;/m0../s1. The average Bonchev–Trinajstić information content (AvgIpc) is 3.04. The van der Waals surface area contributed by atoms with Crippen molar-refractivity contribution in [3.05, 3.63) is 120 Å². The second-order valence-corrected chi connectivity index (χ2v) is 12.5. The summed E-state index contributed by atoms with van der Waals surface area (Å²) in [4.78, 5) is 66.9. The van der Waals surface area contributed by atoms with E-state index in [-0.39, 0.29) is 53.9 Å². The van der Waals surface area contributed by atoms with Crippen molar-refractivity contribution in [1.82, 2.24) is 25.1 Å². The molecule has 4 amide bonds. The van der Waals surface area contributed by atoms with Crippen molar-refractivity contribution in [2.45, 2.75) is 44.7 Å². The van der Waals surface area contributed by atoms with E-state index < -0.39 is 26.1 Å². The van der Waals surface area contributed by atoms with Gasteiger partial charge in [-0.2, -0.15) is 35.9 Å². The Morgan fingerprint density at radius 3 is 2.23 bits per heavy atom. The SMILES string of the molecule is C[C@H]1C2N(C(=O)CN(C)N2C(=O)NCc2ccccc2)[C@@H](Cc2cc[c-]cc2)C(=O)N1Cc1cccc2ccccc12.O=P(O)(O)O.[Na+]. The fraction of sp³-hybridized carbons (Fsp3) is 0.265. The van der Waals surface area contributed by atoms with E-state index in [0.29, 0.717) is 19.5 Å². The molecule has 12 nitrogen and oxygen atoms in total. The van der Waals surface area contributed by atoms with E-state index in [4.69, 9.17) is 19.2 Å². The van der Waals surface area contributed by atoms with Crippen molar-refractivity contribution in [3.8, 4) is 0 Å². The summed E-state index contributed by atoms with van der Waals surface area (Å²) in [5.41, 5.74) is 2.92. The van der Waals surface area contributed by atoms with Crippen LogP contribution in [0.4, 0.5) is 4.79 Å². The van der Waals surface area contributed by atoms with Crippen LogP contribution < -0.4 is 34.9 Å². The number of hydrogen-bond donors (Lipinski definition) is 4. The maximum absolute atomic E-state index is 14.3. The number of fused-ring (bicyclic) bond motifs is 2. The largest absolute Gasteiger partial charge is 1.00 e. The van der Waals surface area contributed by atoms with Gasteiger partial charge in [-0.3, -0.25) is 9.59 Å². The van der Waals surface area contributed by atoms with Crippen LogP contribution in [-0.4, -0.2) is 84.2 Å². The molecule has 1 unspecified atom stereocenters. The summed E-state index contributed by atoms with van der Waals surface area (Å²) in [6.45, 7) is 2.64. The second kappa shape index (κ2) is 16.2. The molecule has 0 aliphatic carbocycles. The molecule has 2 aliphatic heterocycles. The molecule has 0 bridgehead atoms. The molecule has 4 aromatic carbocycles. The van der Waals surface area contributed by atoms with Crippen molar-refractivity contribution in [3.63, 3.8) is 0 Å². The monoisotopic (exact) mass is 681 g/mol. The molecule has 3 atom stereocenters. The maximum Gasteiger partial charge on any atom is 1.00 e. The van der Waals surface area contributed by atoms with Crippen LogP contribution in [0.2, 0.25) is 0 Å². The Morgan fingerprint density at radius 2 is 1.54 bits per heavy atom. The molecule has 6 rings (SSSR count). The number of phosphoric acid groups is 1. The van der Waals surface area contributed by atoms with Crippen molar-refractivity contribution >= 4 is 36.4 Å². The van der Waals surface area contributed by atoms with Crippen LogP contribution in [0.3, 0.4) is 0 Å². The van der Waals surface area contributed by atoms with Crippen molar-refractivity contribution < 1.29 is 63.2 Å². The van der Waals surface area contributed by atoms with Crippen LogP contribution in [0, 0.1) is 6.07 Å². The number of rotatable bonds is 6.